The molecule has 9 heteroatoms. The van der Waals surface area contributed by atoms with Crippen molar-refractivity contribution >= 4 is 16.9 Å². The molecule has 2 aliphatic rings. The molecule has 37 heavy (non-hydrogen) atoms. The van der Waals surface area contributed by atoms with E-state index < -0.39 is 0 Å². The summed E-state index contributed by atoms with van der Waals surface area (Å²) in [6.07, 6.45) is 3.40. The standard InChI is InChI=1S/C28H28N6O3/c29-14-22-25-26(28(35)33(18-31-25)15-20-8-9-23-24(13-20)37-12-11-36-23)34(16-19-5-2-1-3-6-19)27(22)32-10-4-7-21(30)17-32/h1-3,5-6,8-9,13,18,21H,4,7,10-12,15-17,30H2/t21-/m0/s1. The van der Waals surface area contributed by atoms with E-state index in [2.05, 4.69) is 16.0 Å². The highest BCUT2D eigenvalue weighted by Gasteiger charge is 2.28. The van der Waals surface area contributed by atoms with Crippen LogP contribution in [0.4, 0.5) is 5.82 Å². The fraction of sp³-hybridized carbons (Fsp3) is 0.321. The van der Waals surface area contributed by atoms with Gasteiger partial charge in [-0.2, -0.15) is 5.26 Å². The second-order valence-corrected chi connectivity index (χ2v) is 9.58. The zero-order valence-corrected chi connectivity index (χ0v) is 20.5. The van der Waals surface area contributed by atoms with Gasteiger partial charge in [0.25, 0.3) is 5.56 Å². The molecule has 2 aliphatic heterocycles. The molecular weight excluding hydrogens is 468 g/mol. The van der Waals surface area contributed by atoms with Crippen molar-refractivity contribution in [3.05, 3.63) is 81.9 Å². The van der Waals surface area contributed by atoms with Gasteiger partial charge in [0, 0.05) is 25.7 Å². The van der Waals surface area contributed by atoms with Gasteiger partial charge in [-0.15, -0.1) is 0 Å². The highest BCUT2D eigenvalue weighted by Crippen LogP contribution is 2.33. The number of nitrogens with zero attached hydrogens (tertiary/aromatic N) is 5. The minimum Gasteiger partial charge on any atom is -0.486 e. The highest BCUT2D eigenvalue weighted by molar-refractivity contribution is 5.89. The molecule has 1 atom stereocenters. The van der Waals surface area contributed by atoms with Crippen LogP contribution in [0.25, 0.3) is 11.0 Å². The van der Waals surface area contributed by atoms with E-state index in [1.165, 1.54) is 6.33 Å². The van der Waals surface area contributed by atoms with Gasteiger partial charge in [0.2, 0.25) is 0 Å². The van der Waals surface area contributed by atoms with Crippen LogP contribution in [-0.2, 0) is 13.1 Å². The normalized spacial score (nSPS) is 17.1. The Morgan fingerprint density at radius 3 is 2.65 bits per heavy atom. The molecule has 0 spiro atoms. The van der Waals surface area contributed by atoms with Gasteiger partial charge in [-0.3, -0.25) is 9.36 Å². The second kappa shape index (κ2) is 9.64. The van der Waals surface area contributed by atoms with E-state index in [1.54, 1.807) is 4.57 Å². The lowest BCUT2D eigenvalue weighted by Gasteiger charge is -2.33. The van der Waals surface area contributed by atoms with Crippen LogP contribution in [0.5, 0.6) is 11.5 Å². The molecule has 0 bridgehead atoms. The first-order chi connectivity index (χ1) is 18.1. The smallest absolute Gasteiger partial charge is 0.278 e. The van der Waals surface area contributed by atoms with E-state index in [0.29, 0.717) is 60.9 Å². The van der Waals surface area contributed by atoms with Crippen LogP contribution < -0.4 is 25.7 Å². The quantitative estimate of drug-likeness (QED) is 0.452. The number of piperidine rings is 1. The average molecular weight is 497 g/mol. The lowest BCUT2D eigenvalue weighted by Crippen LogP contribution is -2.44. The van der Waals surface area contributed by atoms with Crippen molar-refractivity contribution in [2.75, 3.05) is 31.2 Å². The van der Waals surface area contributed by atoms with Crippen LogP contribution in [-0.4, -0.2) is 46.5 Å². The number of hydrogen-bond donors (Lipinski definition) is 1. The van der Waals surface area contributed by atoms with Crippen molar-refractivity contribution in [2.24, 2.45) is 5.73 Å². The minimum atomic E-state index is -0.195. The Labute approximate surface area is 214 Å². The van der Waals surface area contributed by atoms with Gasteiger partial charge < -0.3 is 24.7 Å². The summed E-state index contributed by atoms with van der Waals surface area (Å²) in [6, 6.07) is 18.0. The van der Waals surface area contributed by atoms with Crippen molar-refractivity contribution in [3.8, 4) is 17.6 Å². The molecule has 0 aliphatic carbocycles. The summed E-state index contributed by atoms with van der Waals surface area (Å²) >= 11 is 0. The molecule has 188 valence electrons. The Hall–Kier alpha value is -4.29. The van der Waals surface area contributed by atoms with Crippen LogP contribution in [0, 0.1) is 11.3 Å². The van der Waals surface area contributed by atoms with Crippen molar-refractivity contribution in [3.63, 3.8) is 0 Å². The zero-order chi connectivity index (χ0) is 25.4. The minimum absolute atomic E-state index is 0.0169. The molecule has 4 aromatic rings. The van der Waals surface area contributed by atoms with Crippen molar-refractivity contribution in [1.82, 2.24) is 14.1 Å². The van der Waals surface area contributed by atoms with Crippen LogP contribution in [0.3, 0.4) is 0 Å². The molecule has 2 aromatic carbocycles. The van der Waals surface area contributed by atoms with Crippen molar-refractivity contribution in [2.45, 2.75) is 32.0 Å². The van der Waals surface area contributed by atoms with E-state index in [1.807, 2.05) is 53.1 Å². The van der Waals surface area contributed by atoms with Gasteiger partial charge in [0.15, 0.2) is 11.5 Å². The van der Waals surface area contributed by atoms with Crippen LogP contribution in [0.15, 0.2) is 59.7 Å². The monoisotopic (exact) mass is 496 g/mol. The van der Waals surface area contributed by atoms with E-state index in [9.17, 15) is 10.1 Å². The molecule has 1 saturated heterocycles. The van der Waals surface area contributed by atoms with E-state index in [0.717, 1.165) is 36.3 Å². The first kappa shape index (κ1) is 23.1. The van der Waals surface area contributed by atoms with Crippen LogP contribution in [0.2, 0.25) is 0 Å². The number of nitrogens with two attached hydrogens (primary N) is 1. The summed E-state index contributed by atoms with van der Waals surface area (Å²) in [7, 11) is 0. The Morgan fingerprint density at radius 1 is 1.05 bits per heavy atom. The third-order valence-electron chi connectivity index (χ3n) is 7.01. The lowest BCUT2D eigenvalue weighted by molar-refractivity contribution is 0.171. The number of nitriles is 1. The van der Waals surface area contributed by atoms with Crippen molar-refractivity contribution < 1.29 is 9.47 Å². The largest absolute Gasteiger partial charge is 0.486 e. The fourth-order valence-electron chi connectivity index (χ4n) is 5.30. The maximum atomic E-state index is 14.0. The summed E-state index contributed by atoms with van der Waals surface area (Å²) in [5, 5.41) is 10.2. The summed E-state index contributed by atoms with van der Waals surface area (Å²) in [6.45, 7) is 3.20. The summed E-state index contributed by atoms with van der Waals surface area (Å²) in [5.41, 5.74) is 9.32. The lowest BCUT2D eigenvalue weighted by atomic mass is 10.1. The number of fused-ring (bicyclic) bond motifs is 2. The van der Waals surface area contributed by atoms with Crippen LogP contribution in [0.1, 0.15) is 29.5 Å². The molecule has 2 N–H and O–H groups in total. The molecule has 4 heterocycles. The Bertz CT molecular complexity index is 1550. The Morgan fingerprint density at radius 2 is 1.86 bits per heavy atom. The van der Waals surface area contributed by atoms with Gasteiger partial charge in [-0.25, -0.2) is 4.98 Å². The molecule has 0 radical (unpaired) electrons. The molecule has 2 aromatic heterocycles. The topological polar surface area (TPSA) is 111 Å². The number of benzene rings is 2. The predicted octanol–water partition coefficient (Wildman–Crippen LogP) is 2.86. The SMILES string of the molecule is N#Cc1c(N2CCC[C@H](N)C2)n(Cc2ccccc2)c2c(=O)n(Cc3ccc4c(c3)OCCO4)cnc12. The number of ether oxygens (including phenoxy) is 2. The number of hydrogen-bond acceptors (Lipinski definition) is 7. The Kier molecular flexibility index (Phi) is 6.02. The predicted molar refractivity (Wildman–Crippen MR) is 140 cm³/mol. The van der Waals surface area contributed by atoms with Gasteiger partial charge in [0.1, 0.15) is 41.7 Å². The van der Waals surface area contributed by atoms with Gasteiger partial charge >= 0.3 is 0 Å². The van der Waals surface area contributed by atoms with Crippen molar-refractivity contribution in [1.29, 1.82) is 5.26 Å². The van der Waals surface area contributed by atoms with Gasteiger partial charge in [-0.05, 0) is 36.1 Å². The maximum Gasteiger partial charge on any atom is 0.278 e. The molecule has 0 unspecified atom stereocenters. The fourth-order valence-corrected chi connectivity index (χ4v) is 5.30. The second-order valence-electron chi connectivity index (χ2n) is 9.58. The molecule has 1 fully saturated rings. The first-order valence-corrected chi connectivity index (χ1v) is 12.6. The first-order valence-electron chi connectivity index (χ1n) is 12.6. The molecule has 9 nitrogen and oxygen atoms in total. The maximum absolute atomic E-state index is 14.0. The third-order valence-corrected chi connectivity index (χ3v) is 7.01. The highest BCUT2D eigenvalue weighted by atomic mass is 16.6. The van der Waals surface area contributed by atoms with Gasteiger partial charge in [-0.1, -0.05) is 36.4 Å². The third kappa shape index (κ3) is 4.30. The number of aromatic nitrogens is 3. The summed E-state index contributed by atoms with van der Waals surface area (Å²) < 4.78 is 14.9. The van der Waals surface area contributed by atoms with E-state index >= 15 is 0 Å². The zero-order valence-electron chi connectivity index (χ0n) is 20.5. The average Bonchev–Trinajstić information content (AvgIpc) is 3.24. The Balaban J connectivity index is 1.49. The number of anilines is 1. The molecule has 0 saturated carbocycles. The summed E-state index contributed by atoms with van der Waals surface area (Å²) in [5.74, 6) is 2.10. The molecule has 0 amide bonds. The van der Waals surface area contributed by atoms with E-state index in [4.69, 9.17) is 15.2 Å². The van der Waals surface area contributed by atoms with Crippen LogP contribution >= 0.6 is 0 Å². The van der Waals surface area contributed by atoms with E-state index in [-0.39, 0.29) is 11.6 Å². The molecular formula is C28H28N6O3. The number of rotatable bonds is 5. The summed E-state index contributed by atoms with van der Waals surface area (Å²) in [4.78, 5) is 20.7. The van der Waals surface area contributed by atoms with Gasteiger partial charge in [0.05, 0.1) is 12.9 Å². The molecule has 6 rings (SSSR count).